The predicted octanol–water partition coefficient (Wildman–Crippen LogP) is 5.01. The predicted molar refractivity (Wildman–Crippen MR) is 111 cm³/mol. The van der Waals surface area contributed by atoms with E-state index in [1.54, 1.807) is 14.0 Å². The van der Waals surface area contributed by atoms with Gasteiger partial charge in [-0.15, -0.1) is 0 Å². The molecule has 28 heavy (non-hydrogen) atoms. The summed E-state index contributed by atoms with van der Waals surface area (Å²) in [6.45, 7) is 6.13. The number of nitrogens with one attached hydrogen (secondary N) is 1. The number of carbonyl (C=O) groups excluding carboxylic acids is 1. The van der Waals surface area contributed by atoms with Crippen LogP contribution < -0.4 is 10.1 Å². The molecule has 1 amide bonds. The molecule has 2 aromatic carbocycles. The van der Waals surface area contributed by atoms with Crippen LogP contribution in [0.1, 0.15) is 58.1 Å². The minimum atomic E-state index is -0.276. The first-order chi connectivity index (χ1) is 13.4. The molecule has 1 aliphatic heterocycles. The number of fused-ring (bicyclic) bond motifs is 2. The Morgan fingerprint density at radius 3 is 2.75 bits per heavy atom. The summed E-state index contributed by atoms with van der Waals surface area (Å²) in [4.78, 5) is 12.1. The normalized spacial score (nSPS) is 32.6. The van der Waals surface area contributed by atoms with E-state index in [1.165, 1.54) is 17.2 Å². The lowest BCUT2D eigenvalue weighted by atomic mass is 9.66. The van der Waals surface area contributed by atoms with Gasteiger partial charge in [0.05, 0.1) is 19.3 Å². The first-order valence-electron chi connectivity index (χ1n) is 10.4. The number of carbonyl (C=O) groups is 1. The van der Waals surface area contributed by atoms with Gasteiger partial charge in [0, 0.05) is 30.4 Å². The monoisotopic (exact) mass is 381 g/mol. The smallest absolute Gasteiger partial charge is 0.217 e. The summed E-state index contributed by atoms with van der Waals surface area (Å²) >= 11 is 0. The third-order valence-electron chi connectivity index (χ3n) is 6.75. The topological polar surface area (TPSA) is 47.6 Å². The van der Waals surface area contributed by atoms with Crippen LogP contribution in [0, 0.1) is 11.8 Å². The van der Waals surface area contributed by atoms with Crippen LogP contribution in [0.25, 0.3) is 10.8 Å². The summed E-state index contributed by atoms with van der Waals surface area (Å²) in [5.41, 5.74) is 0.829. The molecule has 2 aliphatic rings. The molecule has 0 radical (unpaired) electrons. The van der Waals surface area contributed by atoms with Crippen molar-refractivity contribution in [1.29, 1.82) is 0 Å². The average molecular weight is 382 g/mol. The molecule has 0 unspecified atom stereocenters. The van der Waals surface area contributed by atoms with Crippen LogP contribution in [-0.2, 0) is 9.53 Å². The third-order valence-corrected chi connectivity index (χ3v) is 6.75. The van der Waals surface area contributed by atoms with Crippen molar-refractivity contribution in [1.82, 2.24) is 5.32 Å². The van der Waals surface area contributed by atoms with Gasteiger partial charge in [-0.05, 0) is 42.5 Å². The molecule has 1 saturated carbocycles. The number of methoxy groups -OCH3 is 1. The highest BCUT2D eigenvalue weighted by Gasteiger charge is 2.49. The van der Waals surface area contributed by atoms with Crippen molar-refractivity contribution in [3.05, 3.63) is 42.0 Å². The standard InChI is InChI=1S/C24H31NO3/c1-15-9-11-19-21(13-15)28-22(14-24(19,3)25-16(2)26)23-18-8-6-5-7-17(18)10-12-20(23)27-4/h5-8,10,12,15,19,21-22H,9,11,13-14H2,1-4H3,(H,25,26)/t15-,19-,21-,22-,24-/m1/s1. The minimum Gasteiger partial charge on any atom is -0.496 e. The molecule has 0 spiro atoms. The zero-order chi connectivity index (χ0) is 19.9. The molecule has 4 nitrogen and oxygen atoms in total. The third kappa shape index (κ3) is 3.39. The molecule has 2 aromatic rings. The molecule has 1 saturated heterocycles. The molecule has 4 heteroatoms. The summed E-state index contributed by atoms with van der Waals surface area (Å²) < 4.78 is 12.5. The van der Waals surface area contributed by atoms with E-state index in [0.29, 0.717) is 11.8 Å². The highest BCUT2D eigenvalue weighted by Crippen LogP contribution is 2.50. The maximum absolute atomic E-state index is 12.1. The van der Waals surface area contributed by atoms with Gasteiger partial charge in [-0.2, -0.15) is 0 Å². The lowest BCUT2D eigenvalue weighted by Gasteiger charge is -2.52. The Kier molecular flexibility index (Phi) is 5.09. The fourth-order valence-corrected chi connectivity index (χ4v) is 5.51. The maximum Gasteiger partial charge on any atom is 0.217 e. The first kappa shape index (κ1) is 19.3. The van der Waals surface area contributed by atoms with E-state index in [2.05, 4.69) is 49.5 Å². The Balaban J connectivity index is 1.80. The summed E-state index contributed by atoms with van der Waals surface area (Å²) in [6, 6.07) is 12.5. The fourth-order valence-electron chi connectivity index (χ4n) is 5.51. The Hall–Kier alpha value is -2.07. The largest absolute Gasteiger partial charge is 0.496 e. The van der Waals surface area contributed by atoms with E-state index >= 15 is 0 Å². The molecule has 2 fully saturated rings. The number of ether oxygens (including phenoxy) is 2. The van der Waals surface area contributed by atoms with Crippen molar-refractivity contribution < 1.29 is 14.3 Å². The zero-order valence-electron chi connectivity index (χ0n) is 17.3. The van der Waals surface area contributed by atoms with Crippen molar-refractivity contribution >= 4 is 16.7 Å². The van der Waals surface area contributed by atoms with Crippen LogP contribution in [0.5, 0.6) is 5.75 Å². The van der Waals surface area contributed by atoms with Crippen molar-refractivity contribution in [2.24, 2.45) is 11.8 Å². The van der Waals surface area contributed by atoms with Gasteiger partial charge in [0.15, 0.2) is 0 Å². The van der Waals surface area contributed by atoms with Gasteiger partial charge in [-0.25, -0.2) is 0 Å². The van der Waals surface area contributed by atoms with E-state index < -0.39 is 0 Å². The number of amides is 1. The highest BCUT2D eigenvalue weighted by molar-refractivity contribution is 5.88. The zero-order valence-corrected chi connectivity index (χ0v) is 17.3. The van der Waals surface area contributed by atoms with Crippen LogP contribution in [-0.4, -0.2) is 24.7 Å². The van der Waals surface area contributed by atoms with Crippen LogP contribution in [0.4, 0.5) is 0 Å². The van der Waals surface area contributed by atoms with E-state index in [9.17, 15) is 4.79 Å². The van der Waals surface area contributed by atoms with Gasteiger partial charge in [-0.1, -0.05) is 43.7 Å². The Morgan fingerprint density at radius 2 is 2.00 bits per heavy atom. The molecule has 0 aromatic heterocycles. The Bertz CT molecular complexity index is 879. The van der Waals surface area contributed by atoms with Crippen LogP contribution >= 0.6 is 0 Å². The summed E-state index contributed by atoms with van der Waals surface area (Å²) in [5, 5.41) is 5.65. The quantitative estimate of drug-likeness (QED) is 0.813. The Labute approximate surface area is 167 Å². The molecular weight excluding hydrogens is 350 g/mol. The molecule has 1 N–H and O–H groups in total. The lowest BCUT2D eigenvalue weighted by molar-refractivity contribution is -0.153. The van der Waals surface area contributed by atoms with Crippen molar-refractivity contribution in [2.75, 3.05) is 7.11 Å². The second-order valence-electron chi connectivity index (χ2n) is 8.89. The molecule has 1 heterocycles. The van der Waals surface area contributed by atoms with Gasteiger partial charge in [0.2, 0.25) is 5.91 Å². The number of hydrogen-bond acceptors (Lipinski definition) is 3. The van der Waals surface area contributed by atoms with Crippen LogP contribution in [0.3, 0.4) is 0 Å². The first-order valence-corrected chi connectivity index (χ1v) is 10.4. The number of hydrogen-bond donors (Lipinski definition) is 1. The maximum atomic E-state index is 12.1. The van der Waals surface area contributed by atoms with Crippen molar-refractivity contribution in [3.63, 3.8) is 0 Å². The molecule has 150 valence electrons. The summed E-state index contributed by atoms with van der Waals surface area (Å²) in [6.07, 6.45) is 4.15. The van der Waals surface area contributed by atoms with E-state index in [1.807, 2.05) is 6.07 Å². The number of rotatable bonds is 3. The molecule has 1 aliphatic carbocycles. The van der Waals surface area contributed by atoms with Gasteiger partial charge in [0.25, 0.3) is 0 Å². The van der Waals surface area contributed by atoms with E-state index in [0.717, 1.165) is 30.6 Å². The van der Waals surface area contributed by atoms with Gasteiger partial charge >= 0.3 is 0 Å². The van der Waals surface area contributed by atoms with Crippen molar-refractivity contribution in [3.8, 4) is 5.75 Å². The molecule has 5 atom stereocenters. The SMILES string of the molecule is COc1ccc2ccccc2c1[C@H]1C[C@@](C)(NC(C)=O)[C@@H]2CC[C@@H](C)C[C@H]2O1. The van der Waals surface area contributed by atoms with Crippen molar-refractivity contribution in [2.45, 2.75) is 64.2 Å². The van der Waals surface area contributed by atoms with Gasteiger partial charge < -0.3 is 14.8 Å². The van der Waals surface area contributed by atoms with Gasteiger partial charge in [-0.3, -0.25) is 4.79 Å². The Morgan fingerprint density at radius 1 is 1.21 bits per heavy atom. The average Bonchev–Trinajstić information content (AvgIpc) is 2.65. The lowest BCUT2D eigenvalue weighted by Crippen LogP contribution is -2.60. The molecular formula is C24H31NO3. The second-order valence-corrected chi connectivity index (χ2v) is 8.89. The van der Waals surface area contributed by atoms with E-state index in [4.69, 9.17) is 9.47 Å². The summed E-state index contributed by atoms with van der Waals surface area (Å²) in [5.74, 6) is 1.89. The van der Waals surface area contributed by atoms with Crippen LogP contribution in [0.2, 0.25) is 0 Å². The van der Waals surface area contributed by atoms with Gasteiger partial charge in [0.1, 0.15) is 5.75 Å². The van der Waals surface area contributed by atoms with Crippen LogP contribution in [0.15, 0.2) is 36.4 Å². The second kappa shape index (κ2) is 7.40. The van der Waals surface area contributed by atoms with E-state index in [-0.39, 0.29) is 23.7 Å². The molecule has 0 bridgehead atoms. The minimum absolute atomic E-state index is 0.0328. The molecule has 4 rings (SSSR count). The number of benzene rings is 2. The fraction of sp³-hybridized carbons (Fsp3) is 0.542. The highest BCUT2D eigenvalue weighted by atomic mass is 16.5. The summed E-state index contributed by atoms with van der Waals surface area (Å²) in [7, 11) is 1.72.